The number of amides is 1. The molecule has 0 aliphatic heterocycles. The summed E-state index contributed by atoms with van der Waals surface area (Å²) in [4.78, 5) is 12.4. The Bertz CT molecular complexity index is 963. The van der Waals surface area contributed by atoms with E-state index >= 15 is 0 Å². The van der Waals surface area contributed by atoms with Gasteiger partial charge in [-0.1, -0.05) is 88.8 Å². The third-order valence-electron chi connectivity index (χ3n) is 5.99. The lowest BCUT2D eigenvalue weighted by atomic mass is 9.78. The van der Waals surface area contributed by atoms with E-state index in [-0.39, 0.29) is 11.3 Å². The number of rotatable bonds is 3. The molecule has 1 atom stereocenters. The molecule has 0 bridgehead atoms. The first kappa shape index (κ1) is 20.7. The van der Waals surface area contributed by atoms with Gasteiger partial charge in [-0.05, 0) is 52.0 Å². The van der Waals surface area contributed by atoms with E-state index in [0.29, 0.717) is 11.5 Å². The number of carbonyl (C=O) groups is 1. The summed E-state index contributed by atoms with van der Waals surface area (Å²) < 4.78 is 0. The summed E-state index contributed by atoms with van der Waals surface area (Å²) in [5.74, 6) is 0.0198. The van der Waals surface area contributed by atoms with Crippen molar-refractivity contribution in [1.29, 1.82) is 0 Å². The molecule has 1 amide bonds. The summed E-state index contributed by atoms with van der Waals surface area (Å²) in [6.45, 7) is 15.9. The molecular formula is C25H33NOSi. The number of carbonyl (C=O) groups excluding carboxylic acids is 1. The smallest absolute Gasteiger partial charge is 0.249 e. The van der Waals surface area contributed by atoms with Gasteiger partial charge in [0.05, 0.1) is 0 Å². The number of allylic oxidation sites excluding steroid dienone is 3. The molecule has 2 aliphatic rings. The van der Waals surface area contributed by atoms with Crippen molar-refractivity contribution in [1.82, 2.24) is 0 Å². The summed E-state index contributed by atoms with van der Waals surface area (Å²) in [6, 6.07) is 4.68. The van der Waals surface area contributed by atoms with E-state index in [2.05, 4.69) is 72.0 Å². The first-order valence-electron chi connectivity index (χ1n) is 10.3. The van der Waals surface area contributed by atoms with E-state index in [4.69, 9.17) is 5.73 Å². The Morgan fingerprint density at radius 2 is 1.93 bits per heavy atom. The van der Waals surface area contributed by atoms with Crippen LogP contribution in [0.5, 0.6) is 0 Å². The SMILES string of the molecule is CCC1=Cc2cc(C(C)(C)C)cc(C3=C(C(N)=O)C=CC(C)C3=[Si](C)C)c2C1. The van der Waals surface area contributed by atoms with Gasteiger partial charge in [0.1, 0.15) is 0 Å². The van der Waals surface area contributed by atoms with Crippen LogP contribution in [0.2, 0.25) is 13.1 Å². The van der Waals surface area contributed by atoms with Crippen LogP contribution in [-0.2, 0) is 16.6 Å². The number of fused-ring (bicyclic) bond motifs is 1. The van der Waals surface area contributed by atoms with Crippen LogP contribution in [0.4, 0.5) is 0 Å². The van der Waals surface area contributed by atoms with E-state index in [9.17, 15) is 4.79 Å². The Labute approximate surface area is 171 Å². The summed E-state index contributed by atoms with van der Waals surface area (Å²) in [5, 5.41) is 1.42. The highest BCUT2D eigenvalue weighted by molar-refractivity contribution is 6.77. The fourth-order valence-corrected chi connectivity index (χ4v) is 6.17. The molecule has 0 radical (unpaired) electrons. The van der Waals surface area contributed by atoms with Crippen LogP contribution in [0.1, 0.15) is 63.3 Å². The second-order valence-electron chi connectivity index (χ2n) is 9.39. The molecule has 0 spiro atoms. The molecule has 0 saturated heterocycles. The average Bonchev–Trinajstić information content (AvgIpc) is 3.02. The number of hydrogen-bond donors (Lipinski definition) is 1. The molecule has 0 aromatic heterocycles. The van der Waals surface area contributed by atoms with Gasteiger partial charge in [-0.2, -0.15) is 0 Å². The van der Waals surface area contributed by atoms with E-state index < -0.39 is 8.41 Å². The van der Waals surface area contributed by atoms with Gasteiger partial charge in [-0.3, -0.25) is 4.79 Å². The zero-order valence-electron chi connectivity index (χ0n) is 18.4. The Hall–Kier alpha value is -2.00. The lowest BCUT2D eigenvalue weighted by Gasteiger charge is -2.29. The molecule has 1 unspecified atom stereocenters. The maximum absolute atomic E-state index is 12.4. The van der Waals surface area contributed by atoms with Crippen LogP contribution >= 0.6 is 0 Å². The molecule has 148 valence electrons. The molecule has 3 rings (SSSR count). The minimum Gasteiger partial charge on any atom is -0.366 e. The van der Waals surface area contributed by atoms with E-state index in [1.54, 1.807) is 0 Å². The predicted molar refractivity (Wildman–Crippen MR) is 124 cm³/mol. The van der Waals surface area contributed by atoms with Gasteiger partial charge in [0.25, 0.3) is 0 Å². The second kappa shape index (κ2) is 7.44. The molecular weight excluding hydrogens is 358 g/mol. The van der Waals surface area contributed by atoms with Gasteiger partial charge in [-0.25, -0.2) is 0 Å². The Balaban J connectivity index is 2.39. The Morgan fingerprint density at radius 1 is 1.25 bits per heavy atom. The van der Waals surface area contributed by atoms with Crippen molar-refractivity contribution in [3.05, 3.63) is 57.7 Å². The number of nitrogens with two attached hydrogens (primary N) is 1. The summed E-state index contributed by atoms with van der Waals surface area (Å²) >= 11 is 0. The number of hydrogen-bond acceptors (Lipinski definition) is 1. The maximum Gasteiger partial charge on any atom is 0.249 e. The van der Waals surface area contributed by atoms with Crippen LogP contribution in [0.15, 0.2) is 35.4 Å². The lowest BCUT2D eigenvalue weighted by Crippen LogP contribution is -2.28. The standard InChI is InChI=1S/C25H33NOSi/c1-8-16-11-17-13-18(25(3,4)5)14-21(20(17)12-16)22-19(24(26)27)10-9-15(2)23(22)28(6)7/h9-11,13-15H,8,12H2,1-7H3,(H2,26,27). The van der Waals surface area contributed by atoms with Crippen molar-refractivity contribution in [2.75, 3.05) is 0 Å². The summed E-state index contributed by atoms with van der Waals surface area (Å²) in [6.07, 6.45) is 8.48. The second-order valence-corrected chi connectivity index (χ2v) is 11.9. The molecule has 1 aromatic carbocycles. The Kier molecular flexibility index (Phi) is 5.50. The topological polar surface area (TPSA) is 43.1 Å². The zero-order chi connectivity index (χ0) is 20.8. The van der Waals surface area contributed by atoms with Crippen LogP contribution in [-0.4, -0.2) is 19.5 Å². The van der Waals surface area contributed by atoms with Crippen molar-refractivity contribution in [2.45, 2.75) is 66.0 Å². The van der Waals surface area contributed by atoms with Crippen LogP contribution in [0.25, 0.3) is 11.6 Å². The molecule has 0 fully saturated rings. The van der Waals surface area contributed by atoms with Crippen LogP contribution in [0.3, 0.4) is 0 Å². The third kappa shape index (κ3) is 3.65. The van der Waals surface area contributed by atoms with Crippen molar-refractivity contribution in [3.63, 3.8) is 0 Å². The van der Waals surface area contributed by atoms with E-state index in [1.165, 1.54) is 33.0 Å². The molecule has 0 heterocycles. The van der Waals surface area contributed by atoms with Gasteiger partial charge >= 0.3 is 0 Å². The average molecular weight is 392 g/mol. The van der Waals surface area contributed by atoms with Crippen molar-refractivity contribution in [3.8, 4) is 0 Å². The molecule has 2 aliphatic carbocycles. The predicted octanol–water partition coefficient (Wildman–Crippen LogP) is 5.29. The first-order chi connectivity index (χ1) is 13.0. The largest absolute Gasteiger partial charge is 0.366 e. The first-order valence-corrected chi connectivity index (χ1v) is 12.8. The van der Waals surface area contributed by atoms with Crippen molar-refractivity contribution >= 4 is 31.1 Å². The summed E-state index contributed by atoms with van der Waals surface area (Å²) in [7, 11) is -0.745. The quantitative estimate of drug-likeness (QED) is 0.699. The van der Waals surface area contributed by atoms with Crippen molar-refractivity contribution in [2.24, 2.45) is 11.7 Å². The van der Waals surface area contributed by atoms with Crippen molar-refractivity contribution < 1.29 is 4.79 Å². The lowest BCUT2D eigenvalue weighted by molar-refractivity contribution is -0.114. The Morgan fingerprint density at radius 3 is 2.46 bits per heavy atom. The normalized spacial score (nSPS) is 19.0. The molecule has 2 nitrogen and oxygen atoms in total. The molecule has 1 aromatic rings. The van der Waals surface area contributed by atoms with Gasteiger partial charge < -0.3 is 5.73 Å². The molecule has 2 N–H and O–H groups in total. The van der Waals surface area contributed by atoms with Gasteiger partial charge in [0.2, 0.25) is 5.91 Å². The molecule has 3 heteroatoms. The van der Waals surface area contributed by atoms with Gasteiger partial charge in [0.15, 0.2) is 0 Å². The zero-order valence-corrected chi connectivity index (χ0v) is 19.4. The maximum atomic E-state index is 12.4. The van der Waals surface area contributed by atoms with E-state index in [0.717, 1.165) is 18.4 Å². The number of benzene rings is 1. The highest BCUT2D eigenvalue weighted by atomic mass is 28.2. The minimum atomic E-state index is -0.745. The summed E-state index contributed by atoms with van der Waals surface area (Å²) in [5.41, 5.74) is 14.4. The van der Waals surface area contributed by atoms with Crippen LogP contribution in [0, 0.1) is 5.92 Å². The monoisotopic (exact) mass is 391 g/mol. The van der Waals surface area contributed by atoms with E-state index in [1.807, 2.05) is 6.08 Å². The van der Waals surface area contributed by atoms with Gasteiger partial charge in [0, 0.05) is 14.0 Å². The fraction of sp³-hybridized carbons (Fsp3) is 0.440. The minimum absolute atomic E-state index is 0.0442. The van der Waals surface area contributed by atoms with Gasteiger partial charge in [-0.15, -0.1) is 0 Å². The third-order valence-corrected chi connectivity index (χ3v) is 7.77. The fourth-order valence-electron chi connectivity index (χ4n) is 4.40. The van der Waals surface area contributed by atoms with Crippen LogP contribution < -0.4 is 5.73 Å². The molecule has 0 saturated carbocycles. The highest BCUT2D eigenvalue weighted by Gasteiger charge is 2.29. The highest BCUT2D eigenvalue weighted by Crippen LogP contribution is 2.40. The number of primary amides is 1. The molecule has 28 heavy (non-hydrogen) atoms.